The second-order valence-corrected chi connectivity index (χ2v) is 11.4. The van der Waals surface area contributed by atoms with Crippen LogP contribution < -0.4 is 10.8 Å². The van der Waals surface area contributed by atoms with E-state index in [-0.39, 0.29) is 44.0 Å². The van der Waals surface area contributed by atoms with Crippen LogP contribution in [-0.4, -0.2) is 86.5 Å². The van der Waals surface area contributed by atoms with Crippen molar-refractivity contribution in [3.05, 3.63) is 48.0 Å². The summed E-state index contributed by atoms with van der Waals surface area (Å²) < 4.78 is 10.6. The fourth-order valence-electron chi connectivity index (χ4n) is 4.70. The van der Waals surface area contributed by atoms with E-state index in [4.69, 9.17) is 14.3 Å². The summed E-state index contributed by atoms with van der Waals surface area (Å²) >= 11 is 0. The number of hydrogen-bond acceptors (Lipinski definition) is 8. The second kappa shape index (κ2) is 15.7. The van der Waals surface area contributed by atoms with Crippen molar-refractivity contribution < 1.29 is 33.5 Å². The van der Waals surface area contributed by atoms with Gasteiger partial charge in [-0.1, -0.05) is 42.5 Å². The number of morpholine rings is 1. The van der Waals surface area contributed by atoms with Gasteiger partial charge in [-0.3, -0.25) is 28.9 Å². The Balaban J connectivity index is 1.66. The Kier molecular flexibility index (Phi) is 12.4. The molecule has 2 aromatic rings. The number of ketones is 2. The highest BCUT2D eigenvalue weighted by Crippen LogP contribution is 2.20. The Morgan fingerprint density at radius 1 is 1.00 bits per heavy atom. The Morgan fingerprint density at radius 3 is 2.41 bits per heavy atom. The van der Waals surface area contributed by atoms with Crippen molar-refractivity contribution in [2.24, 2.45) is 5.92 Å². The first-order valence-electron chi connectivity index (χ1n) is 14.1. The van der Waals surface area contributed by atoms with Crippen LogP contribution in [0.5, 0.6) is 0 Å². The number of amides is 2. The van der Waals surface area contributed by atoms with Gasteiger partial charge in [0.15, 0.2) is 5.78 Å². The number of Topliss-reactive ketones (excluding diaryl/α,β-unsaturated/α-hetero) is 2. The fourth-order valence-corrected chi connectivity index (χ4v) is 4.70. The smallest absolute Gasteiger partial charge is 0.244 e. The van der Waals surface area contributed by atoms with Crippen LogP contribution in [0, 0.1) is 5.92 Å². The molecular formula is C31H43N3O7. The number of rotatable bonds is 15. The molecule has 10 nitrogen and oxygen atoms in total. The van der Waals surface area contributed by atoms with Crippen LogP contribution in [0.3, 0.4) is 0 Å². The number of fused-ring (bicyclic) bond motifs is 1. The van der Waals surface area contributed by atoms with E-state index in [9.17, 15) is 19.2 Å². The summed E-state index contributed by atoms with van der Waals surface area (Å²) in [5.41, 5.74) is 2.79. The van der Waals surface area contributed by atoms with Crippen molar-refractivity contribution in [2.45, 2.75) is 58.1 Å². The van der Waals surface area contributed by atoms with E-state index in [0.717, 1.165) is 16.3 Å². The minimum atomic E-state index is -0.975. The molecule has 1 aliphatic rings. The highest BCUT2D eigenvalue weighted by molar-refractivity contribution is 5.94. The third kappa shape index (κ3) is 11.0. The lowest BCUT2D eigenvalue weighted by atomic mass is 9.95. The van der Waals surface area contributed by atoms with Gasteiger partial charge in [0.2, 0.25) is 11.8 Å². The maximum Gasteiger partial charge on any atom is 0.244 e. The zero-order valence-corrected chi connectivity index (χ0v) is 24.6. The molecule has 2 amide bonds. The standard InChI is InChI=1S/C31H43N3O7/c1-31(2,3)41-33-29(37)19-24(18-25(35)20-34-14-16-40-17-15-34)30(38)32-27(21-39-4)28(36)13-12-23-10-7-9-22-8-5-6-11-26(22)23/h5-11,24,27H,12-21H2,1-4H3,(H,32,38)(H,33,37)/t24-,27-/m0/s1. The molecule has 2 atom stereocenters. The SMILES string of the molecule is COC[C@H](NC(=O)[C@@H](CC(=O)CN1CCOCC1)CC(=O)NOC(C)(C)C)C(=O)CCc1cccc2ccccc12. The minimum absolute atomic E-state index is 0.0200. The van der Waals surface area contributed by atoms with Gasteiger partial charge < -0.3 is 14.8 Å². The summed E-state index contributed by atoms with van der Waals surface area (Å²) in [6, 6.07) is 13.1. The van der Waals surface area contributed by atoms with Gasteiger partial charge in [-0.05, 0) is 43.5 Å². The summed E-state index contributed by atoms with van der Waals surface area (Å²) in [5, 5.41) is 4.93. The molecule has 41 heavy (non-hydrogen) atoms. The van der Waals surface area contributed by atoms with Crippen LogP contribution in [0.2, 0.25) is 0 Å². The lowest BCUT2D eigenvalue weighted by molar-refractivity contribution is -0.148. The molecule has 224 valence electrons. The van der Waals surface area contributed by atoms with E-state index < -0.39 is 29.4 Å². The second-order valence-electron chi connectivity index (χ2n) is 11.4. The van der Waals surface area contributed by atoms with Crippen molar-refractivity contribution in [3.8, 4) is 0 Å². The van der Waals surface area contributed by atoms with E-state index in [2.05, 4.69) is 10.8 Å². The number of hydroxylamine groups is 1. The van der Waals surface area contributed by atoms with Crippen LogP contribution in [0.4, 0.5) is 0 Å². The average Bonchev–Trinajstić information content (AvgIpc) is 2.94. The lowest BCUT2D eigenvalue weighted by Crippen LogP contribution is -2.48. The minimum Gasteiger partial charge on any atom is -0.382 e. The van der Waals surface area contributed by atoms with E-state index in [1.54, 1.807) is 20.8 Å². The molecular weight excluding hydrogens is 526 g/mol. The molecule has 0 radical (unpaired) electrons. The molecule has 3 rings (SSSR count). The first kappa shape index (κ1) is 32.3. The lowest BCUT2D eigenvalue weighted by Gasteiger charge is -2.27. The van der Waals surface area contributed by atoms with Gasteiger partial charge in [0, 0.05) is 39.5 Å². The van der Waals surface area contributed by atoms with E-state index in [0.29, 0.717) is 32.7 Å². The highest BCUT2D eigenvalue weighted by Gasteiger charge is 2.30. The molecule has 10 heteroatoms. The van der Waals surface area contributed by atoms with Crippen molar-refractivity contribution in [1.82, 2.24) is 15.7 Å². The maximum atomic E-state index is 13.4. The van der Waals surface area contributed by atoms with Gasteiger partial charge in [0.05, 0.1) is 37.9 Å². The number of benzene rings is 2. The fraction of sp³-hybridized carbons (Fsp3) is 0.548. The summed E-state index contributed by atoms with van der Waals surface area (Å²) in [7, 11) is 1.46. The summed E-state index contributed by atoms with van der Waals surface area (Å²) in [5.74, 6) is -2.40. The molecule has 1 aliphatic heterocycles. The van der Waals surface area contributed by atoms with Gasteiger partial charge >= 0.3 is 0 Å². The zero-order valence-electron chi connectivity index (χ0n) is 24.6. The zero-order chi connectivity index (χ0) is 29.8. The molecule has 1 saturated heterocycles. The predicted octanol–water partition coefficient (Wildman–Crippen LogP) is 2.62. The Hall–Kier alpha value is -3.18. The molecule has 0 bridgehead atoms. The number of nitrogens with one attached hydrogen (secondary N) is 2. The van der Waals surface area contributed by atoms with Crippen molar-refractivity contribution in [1.29, 1.82) is 0 Å². The Labute approximate surface area is 242 Å². The molecule has 1 heterocycles. The van der Waals surface area contributed by atoms with E-state index in [1.807, 2.05) is 47.4 Å². The largest absolute Gasteiger partial charge is 0.382 e. The molecule has 0 spiro atoms. The van der Waals surface area contributed by atoms with Gasteiger partial charge in [0.1, 0.15) is 11.8 Å². The highest BCUT2D eigenvalue weighted by atomic mass is 16.7. The van der Waals surface area contributed by atoms with Crippen LogP contribution in [0.1, 0.15) is 45.6 Å². The van der Waals surface area contributed by atoms with Crippen LogP contribution in [0.15, 0.2) is 42.5 Å². The third-order valence-electron chi connectivity index (χ3n) is 6.81. The molecule has 0 saturated carbocycles. The van der Waals surface area contributed by atoms with Crippen molar-refractivity contribution in [2.75, 3.05) is 46.6 Å². The number of nitrogens with zero attached hydrogens (tertiary/aromatic N) is 1. The van der Waals surface area contributed by atoms with Gasteiger partial charge in [-0.25, -0.2) is 5.48 Å². The third-order valence-corrected chi connectivity index (χ3v) is 6.81. The Morgan fingerprint density at radius 2 is 1.71 bits per heavy atom. The molecule has 2 N–H and O–H groups in total. The summed E-state index contributed by atoms with van der Waals surface area (Å²) in [6.07, 6.45) is 0.295. The van der Waals surface area contributed by atoms with E-state index >= 15 is 0 Å². The predicted molar refractivity (Wildman–Crippen MR) is 155 cm³/mol. The quantitative estimate of drug-likeness (QED) is 0.314. The van der Waals surface area contributed by atoms with Crippen LogP contribution in [0.25, 0.3) is 10.8 Å². The maximum absolute atomic E-state index is 13.4. The summed E-state index contributed by atoms with van der Waals surface area (Å²) in [4.78, 5) is 59.5. The van der Waals surface area contributed by atoms with Gasteiger partial charge in [-0.15, -0.1) is 0 Å². The first-order chi connectivity index (χ1) is 19.6. The number of ether oxygens (including phenoxy) is 2. The van der Waals surface area contributed by atoms with Gasteiger partial charge in [0.25, 0.3) is 0 Å². The van der Waals surface area contributed by atoms with Crippen molar-refractivity contribution >= 4 is 34.2 Å². The molecule has 0 aromatic heterocycles. The molecule has 1 fully saturated rings. The normalized spacial score (nSPS) is 15.7. The number of carbonyl (C=O) groups is 4. The van der Waals surface area contributed by atoms with E-state index in [1.165, 1.54) is 7.11 Å². The van der Waals surface area contributed by atoms with Crippen LogP contribution in [-0.2, 0) is 39.9 Å². The number of hydrogen-bond donors (Lipinski definition) is 2. The summed E-state index contributed by atoms with van der Waals surface area (Å²) in [6.45, 7) is 7.83. The molecule has 0 aliphatic carbocycles. The number of carbonyl (C=O) groups excluding carboxylic acids is 4. The average molecular weight is 570 g/mol. The molecule has 2 aromatic carbocycles. The first-order valence-corrected chi connectivity index (χ1v) is 14.1. The Bertz CT molecular complexity index is 1180. The van der Waals surface area contributed by atoms with Crippen molar-refractivity contribution in [3.63, 3.8) is 0 Å². The van der Waals surface area contributed by atoms with Gasteiger partial charge in [-0.2, -0.15) is 0 Å². The monoisotopic (exact) mass is 569 g/mol. The number of methoxy groups -OCH3 is 1. The number of aryl methyl sites for hydroxylation is 1. The molecule has 0 unspecified atom stereocenters. The van der Waals surface area contributed by atoms with Crippen LogP contribution >= 0.6 is 0 Å². The topological polar surface area (TPSA) is 123 Å².